The Kier molecular flexibility index (Phi) is 4.43. The van der Waals surface area contributed by atoms with Crippen molar-refractivity contribution in [1.29, 1.82) is 0 Å². The van der Waals surface area contributed by atoms with Gasteiger partial charge in [-0.15, -0.1) is 0 Å². The third kappa shape index (κ3) is 3.19. The molecule has 5 nitrogen and oxygen atoms in total. The highest BCUT2D eigenvalue weighted by atomic mass is 16.6. The fourth-order valence-electron chi connectivity index (χ4n) is 2.44. The molecule has 0 unspecified atom stereocenters. The minimum absolute atomic E-state index is 0.320. The van der Waals surface area contributed by atoms with Gasteiger partial charge in [0.2, 0.25) is 5.41 Å². The molecule has 0 bridgehead atoms. The average Bonchev–Trinajstić information content (AvgIpc) is 2.46. The van der Waals surface area contributed by atoms with Crippen LogP contribution in [0.25, 0.3) is 10.8 Å². The largest absolute Gasteiger partial charge is 0.480 e. The zero-order chi connectivity index (χ0) is 17.3. The minimum atomic E-state index is -1.92. The molecule has 3 N–H and O–H groups in total. The van der Waals surface area contributed by atoms with Crippen LogP contribution in [-0.4, -0.2) is 29.2 Å². The van der Waals surface area contributed by atoms with E-state index in [4.69, 9.17) is 10.5 Å². The summed E-state index contributed by atoms with van der Waals surface area (Å²) in [4.78, 5) is 24.5. The molecule has 5 heteroatoms. The van der Waals surface area contributed by atoms with Crippen molar-refractivity contribution < 1.29 is 19.4 Å². The summed E-state index contributed by atoms with van der Waals surface area (Å²) in [7, 11) is 0. The highest BCUT2D eigenvalue weighted by molar-refractivity contribution is 6.06. The number of nitrogens with two attached hydrogens (primary N) is 1. The van der Waals surface area contributed by atoms with Crippen molar-refractivity contribution in [2.45, 2.75) is 31.8 Å². The highest BCUT2D eigenvalue weighted by Gasteiger charge is 2.49. The first-order valence-corrected chi connectivity index (χ1v) is 7.37. The average molecular weight is 315 g/mol. The molecule has 0 aliphatic carbocycles. The van der Waals surface area contributed by atoms with Crippen molar-refractivity contribution in [2.24, 2.45) is 5.73 Å². The Labute approximate surface area is 135 Å². The fraction of sp³-hybridized carbons (Fsp3) is 0.333. The van der Waals surface area contributed by atoms with E-state index in [-0.39, 0.29) is 6.54 Å². The van der Waals surface area contributed by atoms with E-state index in [0.29, 0.717) is 5.56 Å². The summed E-state index contributed by atoms with van der Waals surface area (Å²) in [5, 5.41) is 11.5. The Hall–Kier alpha value is -2.40. The van der Waals surface area contributed by atoms with Gasteiger partial charge >= 0.3 is 11.9 Å². The number of esters is 1. The number of rotatable bonds is 4. The molecule has 0 aliphatic heterocycles. The Morgan fingerprint density at radius 1 is 1.09 bits per heavy atom. The van der Waals surface area contributed by atoms with Crippen molar-refractivity contribution >= 4 is 22.7 Å². The number of hydrogen-bond donors (Lipinski definition) is 2. The molecule has 2 aromatic carbocycles. The van der Waals surface area contributed by atoms with Gasteiger partial charge < -0.3 is 15.6 Å². The predicted octanol–water partition coefficient (Wildman–Crippen LogP) is 2.46. The van der Waals surface area contributed by atoms with E-state index in [0.717, 1.165) is 10.8 Å². The Bertz CT molecular complexity index is 748. The van der Waals surface area contributed by atoms with Crippen molar-refractivity contribution in [1.82, 2.24) is 0 Å². The van der Waals surface area contributed by atoms with Gasteiger partial charge in [-0.05, 0) is 43.2 Å². The van der Waals surface area contributed by atoms with Crippen LogP contribution in [0.1, 0.15) is 26.3 Å². The molecule has 2 rings (SSSR count). The minimum Gasteiger partial charge on any atom is -0.480 e. The molecule has 0 radical (unpaired) electrons. The number of carbonyl (C=O) groups is 2. The van der Waals surface area contributed by atoms with E-state index in [1.807, 2.05) is 24.3 Å². The molecule has 0 heterocycles. The molecule has 0 amide bonds. The van der Waals surface area contributed by atoms with Gasteiger partial charge in [-0.1, -0.05) is 36.4 Å². The van der Waals surface area contributed by atoms with Crippen molar-refractivity contribution in [3.05, 3.63) is 48.0 Å². The standard InChI is InChI=1S/C18H21NO4/c1-17(2,3)23-16(22)18(11-19,15(20)21)14-9-8-12-6-4-5-7-13(12)10-14/h4-10H,11,19H2,1-3H3,(H,20,21)/t18-/m1/s1. The molecular weight excluding hydrogens is 294 g/mol. The molecule has 23 heavy (non-hydrogen) atoms. The first-order valence-electron chi connectivity index (χ1n) is 7.37. The van der Waals surface area contributed by atoms with Crippen LogP contribution >= 0.6 is 0 Å². The zero-order valence-electron chi connectivity index (χ0n) is 13.5. The molecule has 0 aromatic heterocycles. The van der Waals surface area contributed by atoms with Crippen LogP contribution in [0.3, 0.4) is 0 Å². The molecule has 2 aromatic rings. The van der Waals surface area contributed by atoms with Gasteiger partial charge in [0, 0.05) is 6.54 Å². The van der Waals surface area contributed by atoms with Crippen molar-refractivity contribution in [3.8, 4) is 0 Å². The summed E-state index contributed by atoms with van der Waals surface area (Å²) < 4.78 is 5.32. The quantitative estimate of drug-likeness (QED) is 0.668. The fourth-order valence-corrected chi connectivity index (χ4v) is 2.44. The summed E-state index contributed by atoms with van der Waals surface area (Å²) in [5.41, 5.74) is 3.32. The molecule has 0 aliphatic rings. The lowest BCUT2D eigenvalue weighted by Gasteiger charge is -2.30. The maximum absolute atomic E-state index is 12.6. The van der Waals surface area contributed by atoms with Crippen LogP contribution in [0.4, 0.5) is 0 Å². The SMILES string of the molecule is CC(C)(C)OC(=O)[C@@](CN)(C(=O)O)c1ccc2ccccc2c1. The van der Waals surface area contributed by atoms with E-state index in [9.17, 15) is 14.7 Å². The molecule has 122 valence electrons. The van der Waals surface area contributed by atoms with Crippen LogP contribution < -0.4 is 5.73 Å². The zero-order valence-corrected chi connectivity index (χ0v) is 13.5. The lowest BCUT2D eigenvalue weighted by atomic mass is 9.79. The van der Waals surface area contributed by atoms with Gasteiger partial charge in [0.15, 0.2) is 0 Å². The first-order chi connectivity index (χ1) is 10.7. The number of benzene rings is 2. The smallest absolute Gasteiger partial charge is 0.329 e. The lowest BCUT2D eigenvalue weighted by molar-refractivity contribution is -0.169. The Morgan fingerprint density at radius 2 is 1.70 bits per heavy atom. The maximum atomic E-state index is 12.6. The summed E-state index contributed by atoms with van der Waals surface area (Å²) in [6.07, 6.45) is 0. The van der Waals surface area contributed by atoms with Gasteiger partial charge in [-0.3, -0.25) is 9.59 Å². The molecule has 1 atom stereocenters. The monoisotopic (exact) mass is 315 g/mol. The van der Waals surface area contributed by atoms with Gasteiger partial charge in [0.1, 0.15) is 5.60 Å². The Morgan fingerprint density at radius 3 is 2.22 bits per heavy atom. The lowest BCUT2D eigenvalue weighted by Crippen LogP contribution is -2.52. The summed E-state index contributed by atoms with van der Waals surface area (Å²) in [6, 6.07) is 12.6. The summed E-state index contributed by atoms with van der Waals surface area (Å²) in [5.74, 6) is -2.17. The molecule has 0 fully saturated rings. The maximum Gasteiger partial charge on any atom is 0.329 e. The van der Waals surface area contributed by atoms with E-state index in [1.54, 1.807) is 39.0 Å². The van der Waals surface area contributed by atoms with Crippen molar-refractivity contribution in [3.63, 3.8) is 0 Å². The molecule has 0 spiro atoms. The van der Waals surface area contributed by atoms with E-state index in [2.05, 4.69) is 0 Å². The van der Waals surface area contributed by atoms with Crippen LogP contribution in [0.15, 0.2) is 42.5 Å². The second-order valence-corrected chi connectivity index (χ2v) is 6.48. The molecule has 0 saturated heterocycles. The van der Waals surface area contributed by atoms with Gasteiger partial charge in [0.25, 0.3) is 0 Å². The second-order valence-electron chi connectivity index (χ2n) is 6.48. The predicted molar refractivity (Wildman–Crippen MR) is 88.2 cm³/mol. The third-order valence-corrected chi connectivity index (χ3v) is 3.66. The number of fused-ring (bicyclic) bond motifs is 1. The van der Waals surface area contributed by atoms with Crippen molar-refractivity contribution in [2.75, 3.05) is 6.54 Å². The Balaban J connectivity index is 2.60. The number of carboxylic acid groups (broad SMARTS) is 1. The van der Waals surface area contributed by atoms with Gasteiger partial charge in [-0.25, -0.2) is 0 Å². The first kappa shape index (κ1) is 17.0. The highest BCUT2D eigenvalue weighted by Crippen LogP contribution is 2.30. The van der Waals surface area contributed by atoms with E-state index < -0.39 is 23.0 Å². The second kappa shape index (κ2) is 6.01. The third-order valence-electron chi connectivity index (χ3n) is 3.66. The number of ether oxygens (including phenoxy) is 1. The van der Waals surface area contributed by atoms with Crippen LogP contribution in [0.5, 0.6) is 0 Å². The summed E-state index contributed by atoms with van der Waals surface area (Å²) >= 11 is 0. The number of carbonyl (C=O) groups excluding carboxylic acids is 1. The van der Waals surface area contributed by atoms with E-state index in [1.165, 1.54) is 0 Å². The molecular formula is C18H21NO4. The van der Waals surface area contributed by atoms with Crippen LogP contribution in [-0.2, 0) is 19.7 Å². The van der Waals surface area contributed by atoms with Gasteiger partial charge in [0.05, 0.1) is 0 Å². The van der Waals surface area contributed by atoms with E-state index >= 15 is 0 Å². The topological polar surface area (TPSA) is 89.6 Å². The normalized spacial score (nSPS) is 14.3. The molecule has 0 saturated carbocycles. The number of hydrogen-bond acceptors (Lipinski definition) is 4. The number of carboxylic acids is 1. The number of aliphatic carboxylic acids is 1. The van der Waals surface area contributed by atoms with Gasteiger partial charge in [-0.2, -0.15) is 0 Å². The van der Waals surface area contributed by atoms with Crippen LogP contribution in [0, 0.1) is 0 Å². The summed E-state index contributed by atoms with van der Waals surface area (Å²) in [6.45, 7) is 4.69. The van der Waals surface area contributed by atoms with Crippen LogP contribution in [0.2, 0.25) is 0 Å².